The molecule has 16 heteroatoms. The van der Waals surface area contributed by atoms with Gasteiger partial charge in [0, 0.05) is 49.6 Å². The second-order valence-corrected chi connectivity index (χ2v) is 12.0. The summed E-state index contributed by atoms with van der Waals surface area (Å²) in [7, 11) is -1.13. The molecule has 0 amide bonds. The smallest absolute Gasteiger partial charge is 0.183 e. The van der Waals surface area contributed by atoms with Crippen LogP contribution in [0.5, 0.6) is 11.5 Å². The normalized spacial score (nSPS) is 11.7. The third-order valence-corrected chi connectivity index (χ3v) is 8.55. The number of sulfone groups is 1. The molecule has 0 spiro atoms. The third kappa shape index (κ3) is 9.97. The average molecular weight is 662 g/mol. The molecule has 1 aromatic heterocycles. The van der Waals surface area contributed by atoms with Gasteiger partial charge < -0.3 is 45.9 Å². The van der Waals surface area contributed by atoms with Gasteiger partial charge in [0.05, 0.1) is 58.7 Å². The second kappa shape index (κ2) is 18.2. The molecule has 0 saturated carbocycles. The third-order valence-electron chi connectivity index (χ3n) is 6.84. The van der Waals surface area contributed by atoms with E-state index >= 15 is 0 Å². The van der Waals surface area contributed by atoms with Crippen LogP contribution in [0, 0.1) is 6.92 Å². The Labute approximate surface area is 269 Å². The minimum atomic E-state index is -3.87. The Kier molecular flexibility index (Phi) is 14.4. The van der Waals surface area contributed by atoms with E-state index in [1.165, 1.54) is 26.4 Å². The van der Waals surface area contributed by atoms with E-state index < -0.39 is 9.84 Å². The highest BCUT2D eigenvalue weighted by Gasteiger charge is 2.24. The molecule has 252 valence electrons. The Morgan fingerprint density at radius 2 is 1.61 bits per heavy atom. The van der Waals surface area contributed by atoms with Crippen LogP contribution >= 0.6 is 0 Å². The lowest BCUT2D eigenvalue weighted by molar-refractivity contribution is 0.0992. The van der Waals surface area contributed by atoms with Gasteiger partial charge >= 0.3 is 0 Å². The number of nitrogen functional groups attached to an aromatic ring is 1. The Balaban J connectivity index is 1.99. The standard InChI is InChI=1S/C30H43N7O8S/c1-21-27(31)29(32-9-16-45-17-15-40)34-30(33-22-7-5-4-6-8-22)28(21)36-35-23-19-25(44-3)26(20-24(23)43-2)46(41,42)18-12-37(10-13-38)11-14-39/h4-8,19-20,38-40H,9-18,31H2,1-3H3,(H2,32,33,34). The number of aliphatic hydroxyl groups is 3. The van der Waals surface area contributed by atoms with Crippen molar-refractivity contribution in [2.24, 2.45) is 10.2 Å². The fraction of sp³-hybridized carbons (Fsp3) is 0.433. The lowest BCUT2D eigenvalue weighted by Gasteiger charge is -2.20. The van der Waals surface area contributed by atoms with Crippen molar-refractivity contribution < 1.29 is 37.9 Å². The van der Waals surface area contributed by atoms with Crippen LogP contribution in [0.4, 0.5) is 34.4 Å². The van der Waals surface area contributed by atoms with E-state index in [4.69, 9.17) is 25.1 Å². The highest BCUT2D eigenvalue weighted by atomic mass is 32.2. The summed E-state index contributed by atoms with van der Waals surface area (Å²) in [5.74, 6) is 0.683. The number of ether oxygens (including phenoxy) is 3. The molecule has 0 aliphatic rings. The maximum absolute atomic E-state index is 13.3. The van der Waals surface area contributed by atoms with Gasteiger partial charge in [0.25, 0.3) is 0 Å². The van der Waals surface area contributed by atoms with Gasteiger partial charge in [-0.05, 0) is 19.1 Å². The van der Waals surface area contributed by atoms with Crippen molar-refractivity contribution in [3.05, 3.63) is 48.0 Å². The predicted octanol–water partition coefficient (Wildman–Crippen LogP) is 2.63. The maximum atomic E-state index is 13.3. The maximum Gasteiger partial charge on any atom is 0.183 e. The van der Waals surface area contributed by atoms with E-state index in [1.807, 2.05) is 30.3 Å². The second-order valence-electron chi connectivity index (χ2n) is 9.93. The molecule has 7 N–H and O–H groups in total. The van der Waals surface area contributed by atoms with Crippen molar-refractivity contribution in [1.29, 1.82) is 0 Å². The number of hydrogen-bond donors (Lipinski definition) is 6. The molecule has 3 rings (SSSR count). The molecule has 0 unspecified atom stereocenters. The Hall–Kier alpha value is -4.06. The van der Waals surface area contributed by atoms with E-state index in [0.717, 1.165) is 5.69 Å². The van der Waals surface area contributed by atoms with Gasteiger partial charge in [0.1, 0.15) is 27.8 Å². The summed E-state index contributed by atoms with van der Waals surface area (Å²) in [6.07, 6.45) is 0. The Morgan fingerprint density at radius 3 is 2.24 bits per heavy atom. The molecule has 46 heavy (non-hydrogen) atoms. The Bertz CT molecular complexity index is 1540. The number of para-hydroxylation sites is 1. The number of aromatic nitrogens is 1. The van der Waals surface area contributed by atoms with Gasteiger partial charge in [-0.3, -0.25) is 4.90 Å². The first kappa shape index (κ1) is 36.4. The number of pyridine rings is 1. The topological polar surface area (TPSA) is 213 Å². The van der Waals surface area contributed by atoms with Gasteiger partial charge in [0.15, 0.2) is 21.5 Å². The van der Waals surface area contributed by atoms with Crippen molar-refractivity contribution in [2.75, 3.05) is 95.6 Å². The van der Waals surface area contributed by atoms with E-state index in [9.17, 15) is 18.6 Å². The zero-order valence-electron chi connectivity index (χ0n) is 26.3. The summed E-state index contributed by atoms with van der Waals surface area (Å²) < 4.78 is 42.9. The summed E-state index contributed by atoms with van der Waals surface area (Å²) in [6, 6.07) is 12.1. The summed E-state index contributed by atoms with van der Waals surface area (Å²) in [6.45, 7) is 2.88. The molecule has 3 aromatic rings. The molecule has 0 aliphatic heterocycles. The van der Waals surface area contributed by atoms with Crippen LogP contribution in [0.2, 0.25) is 0 Å². The van der Waals surface area contributed by atoms with Crippen molar-refractivity contribution in [1.82, 2.24) is 9.88 Å². The van der Waals surface area contributed by atoms with Gasteiger partial charge in [-0.2, -0.15) is 0 Å². The minimum Gasteiger partial charge on any atom is -0.495 e. The number of nitrogens with two attached hydrogens (primary N) is 1. The van der Waals surface area contributed by atoms with Crippen LogP contribution in [0.25, 0.3) is 0 Å². The van der Waals surface area contributed by atoms with Crippen LogP contribution in [-0.4, -0.2) is 113 Å². The average Bonchev–Trinajstić information content (AvgIpc) is 3.05. The van der Waals surface area contributed by atoms with E-state index in [-0.39, 0.29) is 73.9 Å². The predicted molar refractivity (Wildman–Crippen MR) is 176 cm³/mol. The molecule has 1 heterocycles. The number of rotatable bonds is 20. The zero-order valence-corrected chi connectivity index (χ0v) is 27.1. The largest absolute Gasteiger partial charge is 0.495 e. The number of anilines is 4. The molecule has 0 atom stereocenters. The lowest BCUT2D eigenvalue weighted by Crippen LogP contribution is -2.34. The van der Waals surface area contributed by atoms with E-state index in [2.05, 4.69) is 25.8 Å². The first-order valence-corrected chi connectivity index (χ1v) is 16.2. The van der Waals surface area contributed by atoms with E-state index in [1.54, 1.807) is 11.8 Å². The van der Waals surface area contributed by atoms with Crippen molar-refractivity contribution >= 4 is 44.2 Å². The monoisotopic (exact) mass is 661 g/mol. The highest BCUT2D eigenvalue weighted by Crippen LogP contribution is 2.41. The molecule has 0 radical (unpaired) electrons. The number of aliphatic hydroxyl groups excluding tert-OH is 3. The number of nitrogens with zero attached hydrogens (tertiary/aromatic N) is 4. The first-order valence-electron chi connectivity index (χ1n) is 14.6. The van der Waals surface area contributed by atoms with Gasteiger partial charge in [-0.15, -0.1) is 10.2 Å². The van der Waals surface area contributed by atoms with Gasteiger partial charge in [-0.1, -0.05) is 18.2 Å². The number of azo groups is 1. The highest BCUT2D eigenvalue weighted by molar-refractivity contribution is 7.91. The molecule has 0 saturated heterocycles. The number of hydrogen-bond acceptors (Lipinski definition) is 15. The van der Waals surface area contributed by atoms with Crippen LogP contribution < -0.4 is 25.8 Å². The van der Waals surface area contributed by atoms with Gasteiger partial charge in [-0.25, -0.2) is 13.4 Å². The van der Waals surface area contributed by atoms with Crippen molar-refractivity contribution in [3.63, 3.8) is 0 Å². The van der Waals surface area contributed by atoms with Gasteiger partial charge in [0.2, 0.25) is 0 Å². The molecule has 0 bridgehead atoms. The lowest BCUT2D eigenvalue weighted by atomic mass is 10.2. The summed E-state index contributed by atoms with van der Waals surface area (Å²) in [5.41, 5.74) is 8.65. The molecule has 0 aliphatic carbocycles. The van der Waals surface area contributed by atoms with Crippen molar-refractivity contribution in [2.45, 2.75) is 11.8 Å². The van der Waals surface area contributed by atoms with Crippen LogP contribution in [0.3, 0.4) is 0 Å². The van der Waals surface area contributed by atoms with Crippen molar-refractivity contribution in [3.8, 4) is 11.5 Å². The fourth-order valence-electron chi connectivity index (χ4n) is 4.37. The molecule has 0 fully saturated rings. The van der Waals surface area contributed by atoms with Crippen LogP contribution in [-0.2, 0) is 14.6 Å². The minimum absolute atomic E-state index is 0.0468. The first-order chi connectivity index (χ1) is 22.2. The summed E-state index contributed by atoms with van der Waals surface area (Å²) in [5, 5.41) is 42.7. The fourth-order valence-corrected chi connectivity index (χ4v) is 5.83. The molecule has 15 nitrogen and oxygen atoms in total. The molecular formula is C30H43N7O8S. The SMILES string of the molecule is COc1cc(S(=O)(=O)CCN(CCO)CCO)c(OC)cc1N=Nc1c(Nc2ccccc2)nc(NCCOCCO)c(N)c1C. The summed E-state index contributed by atoms with van der Waals surface area (Å²) in [4.78, 5) is 6.23. The van der Waals surface area contributed by atoms with Crippen LogP contribution in [0.1, 0.15) is 5.56 Å². The van der Waals surface area contributed by atoms with E-state index in [0.29, 0.717) is 41.7 Å². The molecular weight excluding hydrogens is 618 g/mol. The summed E-state index contributed by atoms with van der Waals surface area (Å²) >= 11 is 0. The zero-order chi connectivity index (χ0) is 33.5. The number of benzene rings is 2. The molecule has 2 aromatic carbocycles. The quantitative estimate of drug-likeness (QED) is 0.0760. The van der Waals surface area contributed by atoms with Crippen LogP contribution in [0.15, 0.2) is 57.6 Å². The Morgan fingerprint density at radius 1 is 0.913 bits per heavy atom. The number of nitrogens with one attached hydrogen (secondary N) is 2. The number of methoxy groups -OCH3 is 2.